The van der Waals surface area contributed by atoms with Gasteiger partial charge in [0.25, 0.3) is 11.1 Å². The molecule has 0 aliphatic carbocycles. The number of methoxy groups -OCH3 is 1. The fourth-order valence-electron chi connectivity index (χ4n) is 2.68. The van der Waals surface area contributed by atoms with Crippen LogP contribution in [0.4, 0.5) is 0 Å². The second-order valence-electron chi connectivity index (χ2n) is 6.36. The molecule has 2 aromatic heterocycles. The van der Waals surface area contributed by atoms with Gasteiger partial charge in [0.15, 0.2) is 0 Å². The molecule has 170 valence electrons. The smallest absolute Gasteiger partial charge is 0.362 e. The zero-order chi connectivity index (χ0) is 24.1. The first-order valence-electron chi connectivity index (χ1n) is 9.38. The fourth-order valence-corrected chi connectivity index (χ4v) is 3.02. The summed E-state index contributed by atoms with van der Waals surface area (Å²) in [5.41, 5.74) is 0.223. The van der Waals surface area contributed by atoms with Gasteiger partial charge in [0, 0.05) is 10.0 Å². The first-order chi connectivity index (χ1) is 15.7. The summed E-state index contributed by atoms with van der Waals surface area (Å²) in [4.78, 5) is 58.7. The molecule has 0 aliphatic rings. The first-order valence-corrected chi connectivity index (χ1v) is 10.1. The van der Waals surface area contributed by atoms with E-state index in [1.165, 1.54) is 7.11 Å². The van der Waals surface area contributed by atoms with E-state index < -0.39 is 23.1 Å². The Morgan fingerprint density at radius 1 is 0.848 bits per heavy atom. The Bertz CT molecular complexity index is 1480. The summed E-state index contributed by atoms with van der Waals surface area (Å²) in [5.74, 6) is -1.52. The molecule has 0 saturated heterocycles. The van der Waals surface area contributed by atoms with E-state index in [1.807, 2.05) is 0 Å². The third-order valence-electron chi connectivity index (χ3n) is 4.16. The van der Waals surface area contributed by atoms with Gasteiger partial charge < -0.3 is 19.4 Å². The molecule has 0 radical (unpaired) electrons. The maximum Gasteiger partial charge on any atom is 0.362 e. The lowest BCUT2D eigenvalue weighted by atomic mass is 10.3. The lowest BCUT2D eigenvalue weighted by Crippen LogP contribution is -2.22. The van der Waals surface area contributed by atoms with Crippen LogP contribution in [0.25, 0.3) is 22.1 Å². The van der Waals surface area contributed by atoms with E-state index >= 15 is 0 Å². The molecule has 0 bridgehead atoms. The molecule has 0 unspecified atom stereocenters. The van der Waals surface area contributed by atoms with Gasteiger partial charge in [-0.05, 0) is 43.3 Å². The summed E-state index contributed by atoms with van der Waals surface area (Å²) in [6, 6.07) is 9.62. The Balaban J connectivity index is 0.000000186. The van der Waals surface area contributed by atoms with Crippen molar-refractivity contribution < 1.29 is 19.1 Å². The number of halogens is 2. The molecule has 2 heterocycles. The minimum Gasteiger partial charge on any atom is -0.464 e. The van der Waals surface area contributed by atoms with Crippen molar-refractivity contribution in [2.24, 2.45) is 0 Å². The van der Waals surface area contributed by atoms with E-state index in [-0.39, 0.29) is 18.0 Å². The molecule has 0 saturated carbocycles. The Morgan fingerprint density at radius 3 is 1.73 bits per heavy atom. The molecule has 0 atom stereocenters. The van der Waals surface area contributed by atoms with Gasteiger partial charge >= 0.3 is 11.9 Å². The van der Waals surface area contributed by atoms with Gasteiger partial charge in [-0.25, -0.2) is 19.6 Å². The van der Waals surface area contributed by atoms with Gasteiger partial charge in [-0.3, -0.25) is 9.59 Å². The molecule has 0 fully saturated rings. The largest absolute Gasteiger partial charge is 0.464 e. The number of aromatic amines is 2. The number of carbonyl (C=O) groups is 2. The summed E-state index contributed by atoms with van der Waals surface area (Å²) in [7, 11) is 1.19. The highest BCUT2D eigenvalue weighted by Gasteiger charge is 2.15. The van der Waals surface area contributed by atoms with Crippen LogP contribution < -0.4 is 11.1 Å². The van der Waals surface area contributed by atoms with E-state index in [0.717, 1.165) is 0 Å². The highest BCUT2D eigenvalue weighted by atomic mass is 35.5. The third kappa shape index (κ3) is 5.54. The van der Waals surface area contributed by atoms with Crippen molar-refractivity contribution in [1.82, 2.24) is 19.9 Å². The van der Waals surface area contributed by atoms with Crippen LogP contribution in [-0.4, -0.2) is 45.6 Å². The van der Waals surface area contributed by atoms with Crippen molar-refractivity contribution in [2.75, 3.05) is 13.7 Å². The SMILES string of the molecule is CCOC(=O)c1nc2cc(Cl)ccc2[nH]c1=O.COC(=O)c1nc2cc(Cl)ccc2[nH]c1=O. The summed E-state index contributed by atoms with van der Waals surface area (Å²) in [6.45, 7) is 1.84. The topological polar surface area (TPSA) is 144 Å². The normalized spacial score (nSPS) is 10.4. The molecule has 0 spiro atoms. The average molecular weight is 491 g/mol. The highest BCUT2D eigenvalue weighted by Crippen LogP contribution is 2.15. The summed E-state index contributed by atoms with van der Waals surface area (Å²) in [5, 5.41) is 0.953. The van der Waals surface area contributed by atoms with Crippen molar-refractivity contribution >= 4 is 57.2 Å². The molecule has 2 aromatic carbocycles. The van der Waals surface area contributed by atoms with Crippen LogP contribution in [-0.2, 0) is 9.47 Å². The molecule has 0 amide bonds. The maximum atomic E-state index is 11.6. The van der Waals surface area contributed by atoms with E-state index in [9.17, 15) is 19.2 Å². The second kappa shape index (κ2) is 10.2. The lowest BCUT2D eigenvalue weighted by molar-refractivity contribution is 0.0516. The molecular formula is C21H16Cl2N4O6. The zero-order valence-electron chi connectivity index (χ0n) is 17.3. The van der Waals surface area contributed by atoms with Crippen LogP contribution in [0.5, 0.6) is 0 Å². The van der Waals surface area contributed by atoms with Crippen LogP contribution in [0.3, 0.4) is 0 Å². The van der Waals surface area contributed by atoms with Crippen LogP contribution in [0.2, 0.25) is 10.0 Å². The number of esters is 2. The molecular weight excluding hydrogens is 475 g/mol. The number of fused-ring (bicyclic) bond motifs is 2. The van der Waals surface area contributed by atoms with Crippen LogP contribution in [0.15, 0.2) is 46.0 Å². The van der Waals surface area contributed by atoms with Crippen molar-refractivity contribution in [2.45, 2.75) is 6.92 Å². The number of nitrogens with one attached hydrogen (secondary N) is 2. The number of ether oxygens (including phenoxy) is 2. The predicted molar refractivity (Wildman–Crippen MR) is 122 cm³/mol. The number of hydrogen-bond donors (Lipinski definition) is 2. The third-order valence-corrected chi connectivity index (χ3v) is 4.63. The number of hydrogen-bond acceptors (Lipinski definition) is 8. The van der Waals surface area contributed by atoms with Gasteiger partial charge in [-0.1, -0.05) is 23.2 Å². The summed E-state index contributed by atoms with van der Waals surface area (Å²) >= 11 is 11.6. The van der Waals surface area contributed by atoms with Crippen LogP contribution >= 0.6 is 23.2 Å². The number of aromatic nitrogens is 4. The fraction of sp³-hybridized carbons (Fsp3) is 0.143. The van der Waals surface area contributed by atoms with Gasteiger partial charge in [0.2, 0.25) is 11.4 Å². The van der Waals surface area contributed by atoms with Crippen LogP contribution in [0, 0.1) is 0 Å². The number of carbonyl (C=O) groups excluding carboxylic acids is 2. The molecule has 4 aromatic rings. The maximum absolute atomic E-state index is 11.6. The Labute approximate surface area is 195 Å². The average Bonchev–Trinajstić information content (AvgIpc) is 2.78. The minimum atomic E-state index is -0.775. The predicted octanol–water partition coefficient (Wildman–Crippen LogP) is 3.12. The number of benzene rings is 2. The van der Waals surface area contributed by atoms with Crippen LogP contribution in [0.1, 0.15) is 27.9 Å². The van der Waals surface area contributed by atoms with Crippen molar-refractivity contribution in [3.63, 3.8) is 0 Å². The van der Waals surface area contributed by atoms with Crippen molar-refractivity contribution in [3.05, 3.63) is 78.5 Å². The Morgan fingerprint density at radius 2 is 1.30 bits per heavy atom. The van der Waals surface area contributed by atoms with Crippen molar-refractivity contribution in [1.29, 1.82) is 0 Å². The molecule has 4 rings (SSSR count). The van der Waals surface area contributed by atoms with Gasteiger partial charge in [0.05, 0.1) is 35.8 Å². The number of H-pyrrole nitrogens is 2. The molecule has 10 nitrogen and oxygen atoms in total. The molecule has 0 aliphatic heterocycles. The van der Waals surface area contributed by atoms with Gasteiger partial charge in [0.1, 0.15) is 0 Å². The number of nitrogens with zero attached hydrogens (tertiary/aromatic N) is 2. The van der Waals surface area contributed by atoms with E-state index in [0.29, 0.717) is 32.1 Å². The Hall–Kier alpha value is -3.76. The number of rotatable bonds is 3. The first kappa shape index (κ1) is 23.9. The minimum absolute atomic E-state index is 0.188. The summed E-state index contributed by atoms with van der Waals surface area (Å²) < 4.78 is 9.18. The van der Waals surface area contributed by atoms with Crippen molar-refractivity contribution in [3.8, 4) is 0 Å². The highest BCUT2D eigenvalue weighted by molar-refractivity contribution is 6.31. The molecule has 12 heteroatoms. The Kier molecular flexibility index (Phi) is 7.41. The monoisotopic (exact) mass is 490 g/mol. The quantitative estimate of drug-likeness (QED) is 0.416. The van der Waals surface area contributed by atoms with E-state index in [4.69, 9.17) is 27.9 Å². The van der Waals surface area contributed by atoms with Gasteiger partial charge in [-0.15, -0.1) is 0 Å². The molecule has 33 heavy (non-hydrogen) atoms. The standard InChI is InChI=1S/C11H9ClN2O3.C10H7ClN2O3/c1-2-17-11(16)9-10(15)14-7-4-3-6(12)5-8(7)13-9;1-16-10(15)8-9(14)13-6-3-2-5(11)4-7(6)12-8/h3-5H,2H2,1H3,(H,14,15);2-4H,1H3,(H,13,14). The van der Waals surface area contributed by atoms with E-state index in [1.54, 1.807) is 43.3 Å². The van der Waals surface area contributed by atoms with Gasteiger partial charge in [-0.2, -0.15) is 0 Å². The zero-order valence-corrected chi connectivity index (χ0v) is 18.8. The second-order valence-corrected chi connectivity index (χ2v) is 7.24. The lowest BCUT2D eigenvalue weighted by Gasteiger charge is -2.02. The molecule has 2 N–H and O–H groups in total. The summed E-state index contributed by atoms with van der Waals surface area (Å²) in [6.07, 6.45) is 0. The van der Waals surface area contributed by atoms with E-state index in [2.05, 4.69) is 24.7 Å².